The number of nitrogens with two attached hydrogens (primary N) is 2. The molecule has 2 aromatic carbocycles. The molecule has 0 spiro atoms. The number of anilines is 3. The van der Waals surface area contributed by atoms with E-state index in [1.165, 1.54) is 17.0 Å². The third-order valence-electron chi connectivity index (χ3n) is 6.30. The molecule has 0 aliphatic heterocycles. The summed E-state index contributed by atoms with van der Waals surface area (Å²) in [4.78, 5) is 17.7. The van der Waals surface area contributed by atoms with Crippen molar-refractivity contribution >= 4 is 40.6 Å². The lowest BCUT2D eigenvalue weighted by Gasteiger charge is -2.25. The van der Waals surface area contributed by atoms with Gasteiger partial charge in [-0.3, -0.25) is 9.80 Å². The summed E-state index contributed by atoms with van der Waals surface area (Å²) in [6.45, 7) is 14.5. The van der Waals surface area contributed by atoms with Crippen molar-refractivity contribution < 1.29 is 9.53 Å². The maximum atomic E-state index is 13.5. The number of carbonyl (C=O) groups excluding carboxylic acids is 1. The molecule has 0 unspecified atom stereocenters. The number of aromatic nitrogens is 2. The van der Waals surface area contributed by atoms with E-state index in [0.717, 1.165) is 22.5 Å². The minimum Gasteiger partial charge on any atom is -0.492 e. The van der Waals surface area contributed by atoms with Crippen LogP contribution in [-0.2, 0) is 11.0 Å². The molecule has 0 aliphatic carbocycles. The van der Waals surface area contributed by atoms with Gasteiger partial charge >= 0.3 is 0 Å². The summed E-state index contributed by atoms with van der Waals surface area (Å²) in [6.07, 6.45) is 7.03. The number of nitrogens with zero attached hydrogens (tertiary/aromatic N) is 3. The Morgan fingerprint density at radius 2 is 1.79 bits per heavy atom. The molecule has 10 heteroatoms. The fourth-order valence-corrected chi connectivity index (χ4v) is 4.48. The first-order chi connectivity index (χ1) is 18.2. The van der Waals surface area contributed by atoms with Crippen molar-refractivity contribution in [3.63, 3.8) is 0 Å². The van der Waals surface area contributed by atoms with Crippen molar-refractivity contribution in [3.05, 3.63) is 71.4 Å². The van der Waals surface area contributed by atoms with Crippen molar-refractivity contribution in [2.75, 3.05) is 28.4 Å². The topological polar surface area (TPSA) is 123 Å². The summed E-state index contributed by atoms with van der Waals surface area (Å²) in [5, 5.41) is 4.47. The second kappa shape index (κ2) is 11.6. The van der Waals surface area contributed by atoms with Crippen LogP contribution in [0.2, 0.25) is 0 Å². The summed E-state index contributed by atoms with van der Waals surface area (Å²) in [7, 11) is 1.59. The lowest BCUT2D eigenvalue weighted by atomic mass is 9.86. The highest BCUT2D eigenvalue weighted by Gasteiger charge is 2.22. The van der Waals surface area contributed by atoms with Gasteiger partial charge in [-0.1, -0.05) is 38.8 Å². The third-order valence-corrected chi connectivity index (χ3v) is 6.73. The van der Waals surface area contributed by atoms with Gasteiger partial charge in [0.15, 0.2) is 5.75 Å². The molecular formula is C29H41N7O2S. The van der Waals surface area contributed by atoms with Crippen LogP contribution in [0.3, 0.4) is 0 Å². The van der Waals surface area contributed by atoms with Gasteiger partial charge in [-0.05, 0) is 68.5 Å². The summed E-state index contributed by atoms with van der Waals surface area (Å²) in [6, 6.07) is 9.37. The van der Waals surface area contributed by atoms with E-state index in [9.17, 15) is 4.79 Å². The minimum atomic E-state index is -0.285. The molecule has 0 fully saturated rings. The number of ether oxygens (including phenoxy) is 1. The van der Waals surface area contributed by atoms with Crippen LogP contribution in [0.15, 0.2) is 49.1 Å². The number of nitrogens with one attached hydrogen (secondary N) is 2. The Bertz CT molecular complexity index is 1370. The summed E-state index contributed by atoms with van der Waals surface area (Å²) in [5.74, 6) is 6.71. The molecule has 0 bridgehead atoms. The monoisotopic (exact) mass is 551 g/mol. The number of hydrogen-bond donors (Lipinski definition) is 4. The molecule has 3 rings (SSSR count). The largest absolute Gasteiger partial charge is 0.492 e. The fraction of sp³-hybridized carbons (Fsp3) is 0.379. The van der Waals surface area contributed by atoms with Gasteiger partial charge in [0, 0.05) is 23.6 Å². The molecule has 0 saturated heterocycles. The number of imidazole rings is 1. The van der Waals surface area contributed by atoms with Crippen LogP contribution in [-0.4, -0.2) is 28.8 Å². The van der Waals surface area contributed by atoms with Gasteiger partial charge < -0.3 is 25.1 Å². The summed E-state index contributed by atoms with van der Waals surface area (Å²) < 4.78 is 10.9. The van der Waals surface area contributed by atoms with Crippen molar-refractivity contribution in [3.8, 4) is 5.75 Å². The van der Waals surface area contributed by atoms with Crippen LogP contribution in [0.5, 0.6) is 5.75 Å². The van der Waals surface area contributed by atoms with E-state index < -0.39 is 0 Å². The van der Waals surface area contributed by atoms with Crippen LogP contribution in [0, 0.1) is 6.92 Å². The molecule has 0 aliphatic rings. The van der Waals surface area contributed by atoms with Gasteiger partial charge in [-0.25, -0.2) is 10.8 Å². The fourth-order valence-electron chi connectivity index (χ4n) is 4.11. The average molecular weight is 552 g/mol. The van der Waals surface area contributed by atoms with Crippen LogP contribution < -0.4 is 31.4 Å². The molecule has 210 valence electrons. The lowest BCUT2D eigenvalue weighted by Crippen LogP contribution is -2.28. The molecule has 3 aromatic rings. The Morgan fingerprint density at radius 3 is 2.38 bits per heavy atom. The van der Waals surface area contributed by atoms with Crippen molar-refractivity contribution in [1.29, 1.82) is 0 Å². The predicted octanol–water partition coefficient (Wildman–Crippen LogP) is 5.83. The zero-order valence-electron chi connectivity index (χ0n) is 24.3. The first-order valence-corrected chi connectivity index (χ1v) is 13.9. The number of aryl methyl sites for hydroxylation is 1. The molecule has 1 heterocycles. The molecule has 6 N–H and O–H groups in total. The van der Waals surface area contributed by atoms with E-state index in [0.29, 0.717) is 28.4 Å². The Balaban J connectivity index is 1.96. The van der Waals surface area contributed by atoms with Crippen molar-refractivity contribution in [2.45, 2.75) is 59.4 Å². The second-order valence-corrected chi connectivity index (χ2v) is 12.0. The standard InChI is InChI=1S/C29H41N7O2S/c1-18-10-11-19(12-24(18)36(31)16-21(30)25-15-32-17-35(25)29(5,6)7)27(37)33-22-13-20(28(2,3)4)14-23(34-39-9)26(22)38-8/h10-17,34H,30-31H2,1-9H3,(H,33,37)/b21-16-. The second-order valence-electron chi connectivity index (χ2n) is 11.4. The highest BCUT2D eigenvalue weighted by molar-refractivity contribution is 7.99. The van der Waals surface area contributed by atoms with Gasteiger partial charge in [0.1, 0.15) is 0 Å². The van der Waals surface area contributed by atoms with Crippen molar-refractivity contribution in [2.24, 2.45) is 11.6 Å². The highest BCUT2D eigenvalue weighted by Crippen LogP contribution is 2.39. The molecule has 0 atom stereocenters. The van der Waals surface area contributed by atoms with Gasteiger partial charge in [-0.2, -0.15) is 0 Å². The molecule has 39 heavy (non-hydrogen) atoms. The summed E-state index contributed by atoms with van der Waals surface area (Å²) >= 11 is 1.46. The number of benzene rings is 2. The van der Waals surface area contributed by atoms with Crippen LogP contribution >= 0.6 is 11.9 Å². The van der Waals surface area contributed by atoms with Gasteiger partial charge in [0.2, 0.25) is 0 Å². The summed E-state index contributed by atoms with van der Waals surface area (Å²) in [5.41, 5.74) is 11.7. The van der Waals surface area contributed by atoms with Gasteiger partial charge in [0.05, 0.1) is 48.1 Å². The van der Waals surface area contributed by atoms with E-state index in [4.69, 9.17) is 16.3 Å². The average Bonchev–Trinajstić information content (AvgIpc) is 3.35. The molecule has 1 aromatic heterocycles. The Morgan fingerprint density at radius 1 is 1.13 bits per heavy atom. The Kier molecular flexibility index (Phi) is 8.92. The third kappa shape index (κ3) is 6.88. The van der Waals surface area contributed by atoms with E-state index in [1.54, 1.807) is 38.0 Å². The maximum Gasteiger partial charge on any atom is 0.255 e. The number of methoxy groups -OCH3 is 1. The minimum absolute atomic E-state index is 0.133. The van der Waals surface area contributed by atoms with E-state index >= 15 is 0 Å². The van der Waals surface area contributed by atoms with Crippen LogP contribution in [0.4, 0.5) is 17.1 Å². The Hall–Kier alpha value is -3.63. The van der Waals surface area contributed by atoms with E-state index in [2.05, 4.69) is 56.6 Å². The van der Waals surface area contributed by atoms with Gasteiger partial charge in [0.25, 0.3) is 5.91 Å². The smallest absolute Gasteiger partial charge is 0.255 e. The number of amides is 1. The zero-order valence-corrected chi connectivity index (χ0v) is 25.2. The van der Waals surface area contributed by atoms with Crippen molar-refractivity contribution in [1.82, 2.24) is 9.55 Å². The normalized spacial score (nSPS) is 12.3. The molecule has 9 nitrogen and oxygen atoms in total. The maximum absolute atomic E-state index is 13.5. The predicted molar refractivity (Wildman–Crippen MR) is 164 cm³/mol. The number of hydrogen-bond acceptors (Lipinski definition) is 8. The SMILES string of the molecule is COc1c(NSC)cc(C(C)(C)C)cc1NC(=O)c1ccc(C)c(N(N)/C=C(\N)c2cncn2C(C)(C)C)c1. The first kappa shape index (κ1) is 29.9. The van der Waals surface area contributed by atoms with E-state index in [-0.39, 0.29) is 16.9 Å². The molecule has 0 saturated carbocycles. The highest BCUT2D eigenvalue weighted by atomic mass is 32.2. The quantitative estimate of drug-likeness (QED) is 0.157. The number of hydrazine groups is 1. The molecule has 0 radical (unpaired) electrons. The van der Waals surface area contributed by atoms with Crippen LogP contribution in [0.25, 0.3) is 5.70 Å². The molecular weight excluding hydrogens is 510 g/mol. The number of rotatable bonds is 8. The number of carbonyl (C=O) groups is 1. The van der Waals surface area contributed by atoms with Gasteiger partial charge in [-0.15, -0.1) is 0 Å². The Labute approximate surface area is 236 Å². The zero-order chi connectivity index (χ0) is 29.1. The first-order valence-electron chi connectivity index (χ1n) is 12.6. The molecule has 1 amide bonds. The lowest BCUT2D eigenvalue weighted by molar-refractivity contribution is 0.102. The van der Waals surface area contributed by atoms with Crippen LogP contribution in [0.1, 0.15) is 68.7 Å². The van der Waals surface area contributed by atoms with E-state index in [1.807, 2.05) is 35.9 Å².